The Morgan fingerprint density at radius 2 is 1.75 bits per heavy atom. The fourth-order valence-corrected chi connectivity index (χ4v) is 7.88. The number of likely N-dealkylation sites (tertiary alicyclic amines) is 1. The molecule has 5 N–H and O–H groups in total. The number of methoxy groups -OCH3 is 1. The van der Waals surface area contributed by atoms with Crippen LogP contribution in [0, 0.1) is 5.41 Å². The lowest BCUT2D eigenvalue weighted by atomic mass is 10.1. The zero-order valence-electron chi connectivity index (χ0n) is 38.1. The van der Waals surface area contributed by atoms with E-state index in [1.807, 2.05) is 6.07 Å². The summed E-state index contributed by atoms with van der Waals surface area (Å²) < 4.78 is 28.1. The van der Waals surface area contributed by atoms with E-state index in [0.29, 0.717) is 81.7 Å². The van der Waals surface area contributed by atoms with Crippen LogP contribution in [0.2, 0.25) is 0 Å². The fraction of sp³-hybridized carbons (Fsp3) is 0.383. The average Bonchev–Trinajstić information content (AvgIpc) is 4.08. The molecular weight excluding hydrogens is 944 g/mol. The minimum atomic E-state index is -1.42. The number of aromatic nitrogens is 2. The highest BCUT2D eigenvalue weighted by Crippen LogP contribution is 2.33. The van der Waals surface area contributed by atoms with Crippen LogP contribution >= 0.6 is 15.9 Å². The van der Waals surface area contributed by atoms with Gasteiger partial charge in [-0.15, -0.1) is 0 Å². The SMILES string of the molecule is COc1cccc(CN(CCOC(=O)C(C)OC(=O)C(C)OC(=O)CCC(=O)N(C2=NCCN2)c2ccc3nccnc3c2Br)C(=O)Nc2ccc(/C(C=N)=C/N)cc2OCCN2CCCC2)c1. The molecule has 68 heavy (non-hydrogen) atoms. The average molecular weight is 1000 g/mol. The van der Waals surface area contributed by atoms with Crippen molar-refractivity contribution in [3.63, 3.8) is 0 Å². The lowest BCUT2D eigenvalue weighted by Gasteiger charge is -2.25. The number of anilines is 2. The van der Waals surface area contributed by atoms with Gasteiger partial charge in [0.1, 0.15) is 30.2 Å². The molecule has 1 saturated heterocycles. The summed E-state index contributed by atoms with van der Waals surface area (Å²) in [5, 5.41) is 13.8. The molecule has 3 heterocycles. The van der Waals surface area contributed by atoms with Crippen molar-refractivity contribution < 1.29 is 47.7 Å². The summed E-state index contributed by atoms with van der Waals surface area (Å²) in [6, 6.07) is 15.1. The Labute approximate surface area is 401 Å². The van der Waals surface area contributed by atoms with Crippen LogP contribution in [0.25, 0.3) is 16.6 Å². The Kier molecular flexibility index (Phi) is 18.2. The molecule has 1 fully saturated rings. The summed E-state index contributed by atoms with van der Waals surface area (Å²) in [5.74, 6) is -1.97. The monoisotopic (exact) mass is 998 g/mol. The van der Waals surface area contributed by atoms with Crippen molar-refractivity contribution >= 4 is 85.9 Å². The number of hydrogen-bond donors (Lipinski definition) is 4. The van der Waals surface area contributed by atoms with Crippen molar-refractivity contribution in [1.82, 2.24) is 25.1 Å². The van der Waals surface area contributed by atoms with E-state index in [9.17, 15) is 24.0 Å². The summed E-state index contributed by atoms with van der Waals surface area (Å²) in [5.41, 5.74) is 9.55. The normalized spacial score (nSPS) is 14.5. The Bertz CT molecular complexity index is 2530. The van der Waals surface area contributed by atoms with E-state index in [1.165, 1.54) is 43.2 Å². The molecule has 4 aromatic rings. The smallest absolute Gasteiger partial charge is 0.347 e. The molecule has 0 spiro atoms. The highest BCUT2D eigenvalue weighted by Gasteiger charge is 2.30. The first-order valence-corrected chi connectivity index (χ1v) is 22.9. The maximum Gasteiger partial charge on any atom is 0.347 e. The topological polar surface area (TPSA) is 253 Å². The van der Waals surface area contributed by atoms with E-state index in [2.05, 4.69) is 46.4 Å². The van der Waals surface area contributed by atoms with Crippen molar-refractivity contribution in [3.05, 3.63) is 88.8 Å². The third-order valence-electron chi connectivity index (χ3n) is 10.9. The van der Waals surface area contributed by atoms with Crippen LogP contribution in [0.15, 0.2) is 82.7 Å². The van der Waals surface area contributed by atoms with Crippen LogP contribution in [-0.4, -0.2) is 134 Å². The van der Waals surface area contributed by atoms with Gasteiger partial charge in [-0.3, -0.25) is 29.4 Å². The van der Waals surface area contributed by atoms with Crippen LogP contribution in [0.1, 0.15) is 50.7 Å². The molecule has 2 aliphatic rings. The third-order valence-corrected chi connectivity index (χ3v) is 11.7. The van der Waals surface area contributed by atoms with Gasteiger partial charge in [0.2, 0.25) is 11.9 Å². The van der Waals surface area contributed by atoms with Gasteiger partial charge in [-0.05, 0) is 103 Å². The van der Waals surface area contributed by atoms with E-state index >= 15 is 0 Å². The molecule has 0 saturated carbocycles. The van der Waals surface area contributed by atoms with Gasteiger partial charge in [-0.1, -0.05) is 18.2 Å². The van der Waals surface area contributed by atoms with Crippen LogP contribution < -0.4 is 30.7 Å². The molecule has 3 aromatic carbocycles. The molecule has 6 rings (SSSR count). The Hall–Kier alpha value is -7.13. The van der Waals surface area contributed by atoms with Crippen molar-refractivity contribution in [2.75, 3.05) is 69.8 Å². The predicted octanol–water partition coefficient (Wildman–Crippen LogP) is 5.04. The molecular formula is C47H55BrN10O10. The van der Waals surface area contributed by atoms with E-state index in [0.717, 1.165) is 37.7 Å². The largest absolute Gasteiger partial charge is 0.497 e. The van der Waals surface area contributed by atoms with Crippen LogP contribution in [-0.2, 0) is 39.9 Å². The lowest BCUT2D eigenvalue weighted by molar-refractivity contribution is -0.177. The summed E-state index contributed by atoms with van der Waals surface area (Å²) in [7, 11) is 1.53. The van der Waals surface area contributed by atoms with Crippen molar-refractivity contribution in [3.8, 4) is 11.5 Å². The number of nitrogens with one attached hydrogen (secondary N) is 3. The number of allylic oxidation sites excluding steroid dienone is 1. The first-order valence-electron chi connectivity index (χ1n) is 22.1. The molecule has 0 aliphatic carbocycles. The number of hydrogen-bond acceptors (Lipinski definition) is 17. The molecule has 3 amide bonds. The van der Waals surface area contributed by atoms with Gasteiger partial charge < -0.3 is 50.4 Å². The van der Waals surface area contributed by atoms with Crippen molar-refractivity contribution in [2.45, 2.75) is 58.3 Å². The molecule has 2 aliphatic heterocycles. The maximum atomic E-state index is 14.0. The first-order chi connectivity index (χ1) is 32.9. The van der Waals surface area contributed by atoms with E-state index in [1.54, 1.807) is 54.7 Å². The third kappa shape index (κ3) is 13.5. The minimum Gasteiger partial charge on any atom is -0.497 e. The molecule has 1 aromatic heterocycles. The fourth-order valence-electron chi connectivity index (χ4n) is 7.26. The summed E-state index contributed by atoms with van der Waals surface area (Å²) in [6.45, 7) is 6.35. The van der Waals surface area contributed by atoms with Crippen molar-refractivity contribution in [2.24, 2.45) is 10.7 Å². The van der Waals surface area contributed by atoms with Gasteiger partial charge in [-0.2, -0.15) is 0 Å². The highest BCUT2D eigenvalue weighted by atomic mass is 79.9. The van der Waals surface area contributed by atoms with Gasteiger partial charge in [0.25, 0.3) is 0 Å². The van der Waals surface area contributed by atoms with Gasteiger partial charge >= 0.3 is 23.9 Å². The maximum absolute atomic E-state index is 14.0. The second kappa shape index (κ2) is 24.6. The van der Waals surface area contributed by atoms with E-state index in [-0.39, 0.29) is 32.5 Å². The van der Waals surface area contributed by atoms with Gasteiger partial charge in [-0.25, -0.2) is 19.3 Å². The molecule has 360 valence electrons. The van der Waals surface area contributed by atoms with Crippen LogP contribution in [0.4, 0.5) is 16.2 Å². The Morgan fingerprint density at radius 3 is 2.49 bits per heavy atom. The molecule has 0 bridgehead atoms. The number of halogens is 1. The molecule has 2 unspecified atom stereocenters. The minimum absolute atomic E-state index is 0.0773. The Balaban J connectivity index is 1.03. The number of aliphatic imine (C=N–C) groups is 1. The highest BCUT2D eigenvalue weighted by molar-refractivity contribution is 9.10. The summed E-state index contributed by atoms with van der Waals surface area (Å²) in [4.78, 5) is 84.7. The second-order valence-electron chi connectivity index (χ2n) is 15.6. The zero-order chi connectivity index (χ0) is 48.6. The van der Waals surface area contributed by atoms with Gasteiger partial charge in [0.15, 0.2) is 12.2 Å². The second-order valence-corrected chi connectivity index (χ2v) is 16.4. The number of nitrogens with zero attached hydrogens (tertiary/aromatic N) is 6. The van der Waals surface area contributed by atoms with Crippen molar-refractivity contribution in [1.29, 1.82) is 5.41 Å². The summed E-state index contributed by atoms with van der Waals surface area (Å²) >= 11 is 3.54. The van der Waals surface area contributed by atoms with Gasteiger partial charge in [0.05, 0.1) is 48.0 Å². The number of fused-ring (bicyclic) bond motifs is 1. The number of amides is 3. The Morgan fingerprint density at radius 1 is 0.971 bits per heavy atom. The number of urea groups is 1. The van der Waals surface area contributed by atoms with E-state index in [4.69, 9.17) is 34.8 Å². The number of benzene rings is 3. The van der Waals surface area contributed by atoms with E-state index < -0.39 is 42.1 Å². The number of rotatable bonds is 21. The molecule has 20 nitrogen and oxygen atoms in total. The van der Waals surface area contributed by atoms with Crippen LogP contribution in [0.3, 0.4) is 0 Å². The number of guanidine groups is 1. The number of carbonyl (C=O) groups is 5. The zero-order valence-corrected chi connectivity index (χ0v) is 39.7. The predicted molar refractivity (Wildman–Crippen MR) is 257 cm³/mol. The molecule has 21 heteroatoms. The number of nitrogens with two attached hydrogens (primary N) is 1. The molecule has 2 atom stereocenters. The van der Waals surface area contributed by atoms with Gasteiger partial charge in [0, 0.05) is 56.4 Å². The number of esters is 3. The van der Waals surface area contributed by atoms with Crippen LogP contribution in [0.5, 0.6) is 11.5 Å². The number of carbonyl (C=O) groups excluding carboxylic acids is 5. The molecule has 0 radical (unpaired) electrons. The summed E-state index contributed by atoms with van der Waals surface area (Å²) in [6.07, 6.45) is 4.31. The standard InChI is InChI=1S/C47H55BrN10O10/c1-30(68-45(62)31(2)67-41(60)14-13-40(59)58(46-53-17-18-54-46)38-12-11-37-43(42(38)48)52-16-15-51-37)44(61)66-24-22-57(29-32-7-6-8-35(25-32)64-3)47(63)55-36-10-9-33(34(27-49)28-50)26-39(36)65-23-21-56-19-4-5-20-56/h6-12,15-16,25-28,30-31,49H,4-5,13-14,17-24,29,50H2,1-3H3,(H,53,54)(H,55,63)/b34-28+,49-27?. The first kappa shape index (κ1) is 50.3. The lowest BCUT2D eigenvalue weighted by Crippen LogP contribution is -2.43. The quantitative estimate of drug-likeness (QED) is 0.0485. The number of ether oxygens (including phenoxy) is 5.